The number of benzene rings is 1. The first-order chi connectivity index (χ1) is 9.46. The average Bonchev–Trinajstić information content (AvgIpc) is 2.81. The zero-order chi connectivity index (χ0) is 14.8. The van der Waals surface area contributed by atoms with Gasteiger partial charge in [0.25, 0.3) is 0 Å². The molecule has 0 aliphatic heterocycles. The number of amides is 1. The molecule has 4 nitrogen and oxygen atoms in total. The van der Waals surface area contributed by atoms with Gasteiger partial charge in [-0.15, -0.1) is 0 Å². The molecule has 0 fully saturated rings. The second-order valence-electron chi connectivity index (χ2n) is 5.62. The van der Waals surface area contributed by atoms with Crippen LogP contribution in [0.25, 0.3) is 10.9 Å². The van der Waals surface area contributed by atoms with Crippen molar-refractivity contribution in [3.63, 3.8) is 0 Å². The van der Waals surface area contributed by atoms with E-state index in [1.807, 2.05) is 48.9 Å². The molecule has 0 atom stereocenters. The van der Waals surface area contributed by atoms with Crippen molar-refractivity contribution in [1.29, 1.82) is 0 Å². The number of methoxy groups -OCH3 is 1. The van der Waals surface area contributed by atoms with Crippen molar-refractivity contribution in [1.82, 2.24) is 9.88 Å². The highest BCUT2D eigenvalue weighted by molar-refractivity contribution is 5.88. The van der Waals surface area contributed by atoms with Crippen molar-refractivity contribution in [3.8, 4) is 5.75 Å². The third kappa shape index (κ3) is 2.95. The Morgan fingerprint density at radius 2 is 2.10 bits per heavy atom. The Morgan fingerprint density at radius 3 is 2.75 bits per heavy atom. The predicted molar refractivity (Wildman–Crippen MR) is 81.0 cm³/mol. The van der Waals surface area contributed by atoms with Crippen molar-refractivity contribution in [2.75, 3.05) is 7.11 Å². The summed E-state index contributed by atoms with van der Waals surface area (Å²) in [5.74, 6) is 0.854. The van der Waals surface area contributed by atoms with E-state index in [1.165, 1.54) is 0 Å². The van der Waals surface area contributed by atoms with Crippen LogP contribution in [0.5, 0.6) is 5.75 Å². The van der Waals surface area contributed by atoms with Crippen LogP contribution in [0.3, 0.4) is 0 Å². The quantitative estimate of drug-likeness (QED) is 0.911. The molecule has 1 aromatic carbocycles. The number of hydrogen-bond acceptors (Lipinski definition) is 2. The molecule has 1 N–H and O–H groups in total. The van der Waals surface area contributed by atoms with Crippen LogP contribution in [-0.4, -0.2) is 23.1 Å². The minimum Gasteiger partial charge on any atom is -0.496 e. The van der Waals surface area contributed by atoms with Gasteiger partial charge in [-0.25, -0.2) is 0 Å². The van der Waals surface area contributed by atoms with E-state index in [9.17, 15) is 4.79 Å². The number of carbonyl (C=O) groups is 1. The monoisotopic (exact) mass is 274 g/mol. The molecular weight excluding hydrogens is 252 g/mol. The van der Waals surface area contributed by atoms with Crippen LogP contribution in [-0.2, 0) is 11.3 Å². The number of ether oxygens (including phenoxy) is 1. The van der Waals surface area contributed by atoms with Gasteiger partial charge in [-0.3, -0.25) is 4.79 Å². The molecule has 4 heteroatoms. The topological polar surface area (TPSA) is 43.3 Å². The summed E-state index contributed by atoms with van der Waals surface area (Å²) in [4.78, 5) is 12.1. The Labute approximate surface area is 119 Å². The van der Waals surface area contributed by atoms with E-state index in [0.717, 1.165) is 23.1 Å². The van der Waals surface area contributed by atoms with Gasteiger partial charge in [0.2, 0.25) is 5.91 Å². The lowest BCUT2D eigenvalue weighted by Crippen LogP contribution is -2.44. The SMILES string of the molecule is CCC(C)(C)NC(=O)Cn1ccc2c(OC)cccc21. The van der Waals surface area contributed by atoms with Gasteiger partial charge in [0.1, 0.15) is 12.3 Å². The average molecular weight is 274 g/mol. The molecule has 0 aliphatic carbocycles. The van der Waals surface area contributed by atoms with Gasteiger partial charge < -0.3 is 14.6 Å². The van der Waals surface area contributed by atoms with Gasteiger partial charge in [0.15, 0.2) is 0 Å². The summed E-state index contributed by atoms with van der Waals surface area (Å²) < 4.78 is 7.27. The highest BCUT2D eigenvalue weighted by atomic mass is 16.5. The van der Waals surface area contributed by atoms with Crippen molar-refractivity contribution in [2.24, 2.45) is 0 Å². The number of carbonyl (C=O) groups excluding carboxylic acids is 1. The van der Waals surface area contributed by atoms with Crippen LogP contribution in [0.1, 0.15) is 27.2 Å². The molecule has 0 bridgehead atoms. The Balaban J connectivity index is 2.20. The van der Waals surface area contributed by atoms with Crippen molar-refractivity contribution in [3.05, 3.63) is 30.5 Å². The summed E-state index contributed by atoms with van der Waals surface area (Å²) in [6, 6.07) is 7.83. The highest BCUT2D eigenvalue weighted by Gasteiger charge is 2.18. The van der Waals surface area contributed by atoms with E-state index in [2.05, 4.69) is 12.2 Å². The highest BCUT2D eigenvalue weighted by Crippen LogP contribution is 2.26. The van der Waals surface area contributed by atoms with Gasteiger partial charge in [-0.05, 0) is 38.5 Å². The van der Waals surface area contributed by atoms with E-state index in [4.69, 9.17) is 4.74 Å². The van der Waals surface area contributed by atoms with Crippen molar-refractivity contribution >= 4 is 16.8 Å². The minimum absolute atomic E-state index is 0.0252. The second-order valence-corrected chi connectivity index (χ2v) is 5.62. The summed E-state index contributed by atoms with van der Waals surface area (Å²) in [6.45, 7) is 6.44. The second kappa shape index (κ2) is 5.57. The first-order valence-electron chi connectivity index (χ1n) is 6.89. The molecule has 1 amide bonds. The summed E-state index contributed by atoms with van der Waals surface area (Å²) in [6.07, 6.45) is 2.82. The van der Waals surface area contributed by atoms with Crippen molar-refractivity contribution < 1.29 is 9.53 Å². The maximum Gasteiger partial charge on any atom is 0.240 e. The minimum atomic E-state index is -0.169. The Bertz CT molecular complexity index is 614. The van der Waals surface area contributed by atoms with E-state index >= 15 is 0 Å². The molecule has 0 saturated heterocycles. The summed E-state index contributed by atoms with van der Waals surface area (Å²) in [5.41, 5.74) is 0.839. The molecule has 0 unspecified atom stereocenters. The molecule has 20 heavy (non-hydrogen) atoms. The zero-order valence-corrected chi connectivity index (χ0v) is 12.6. The largest absolute Gasteiger partial charge is 0.496 e. The van der Waals surface area contributed by atoms with Gasteiger partial charge >= 0.3 is 0 Å². The Kier molecular flexibility index (Phi) is 4.02. The first kappa shape index (κ1) is 14.4. The smallest absolute Gasteiger partial charge is 0.240 e. The molecule has 1 heterocycles. The van der Waals surface area contributed by atoms with E-state index in [-0.39, 0.29) is 11.4 Å². The van der Waals surface area contributed by atoms with Gasteiger partial charge in [0, 0.05) is 17.1 Å². The normalized spacial score (nSPS) is 11.6. The lowest BCUT2D eigenvalue weighted by Gasteiger charge is -2.24. The number of aromatic nitrogens is 1. The molecule has 0 radical (unpaired) electrons. The molecule has 0 aliphatic rings. The summed E-state index contributed by atoms with van der Waals surface area (Å²) in [7, 11) is 1.66. The van der Waals surface area contributed by atoms with Crippen LogP contribution < -0.4 is 10.1 Å². The predicted octanol–water partition coefficient (Wildman–Crippen LogP) is 2.95. The van der Waals surface area contributed by atoms with Gasteiger partial charge in [-0.1, -0.05) is 13.0 Å². The third-order valence-electron chi connectivity index (χ3n) is 3.67. The fourth-order valence-electron chi connectivity index (χ4n) is 2.17. The van der Waals surface area contributed by atoms with Gasteiger partial charge in [-0.2, -0.15) is 0 Å². The van der Waals surface area contributed by atoms with Crippen LogP contribution in [0.4, 0.5) is 0 Å². The Hall–Kier alpha value is -1.97. The lowest BCUT2D eigenvalue weighted by molar-refractivity contribution is -0.123. The number of hydrogen-bond donors (Lipinski definition) is 1. The van der Waals surface area contributed by atoms with E-state index in [1.54, 1.807) is 7.11 Å². The summed E-state index contributed by atoms with van der Waals surface area (Å²) in [5, 5.41) is 4.07. The number of rotatable bonds is 5. The number of fused-ring (bicyclic) bond motifs is 1. The van der Waals surface area contributed by atoms with Crippen LogP contribution in [0.15, 0.2) is 30.5 Å². The number of nitrogens with zero attached hydrogens (tertiary/aromatic N) is 1. The lowest BCUT2D eigenvalue weighted by atomic mass is 10.0. The van der Waals surface area contributed by atoms with Crippen molar-refractivity contribution in [2.45, 2.75) is 39.3 Å². The van der Waals surface area contributed by atoms with Crippen LogP contribution in [0, 0.1) is 0 Å². The fourth-order valence-corrected chi connectivity index (χ4v) is 2.17. The molecule has 0 spiro atoms. The number of nitrogens with one attached hydrogen (secondary N) is 1. The van der Waals surface area contributed by atoms with E-state index in [0.29, 0.717) is 6.54 Å². The van der Waals surface area contributed by atoms with Crippen LogP contribution >= 0.6 is 0 Å². The first-order valence-corrected chi connectivity index (χ1v) is 6.89. The maximum atomic E-state index is 12.1. The molecule has 2 aromatic rings. The zero-order valence-electron chi connectivity index (χ0n) is 12.6. The van der Waals surface area contributed by atoms with E-state index < -0.39 is 0 Å². The molecular formula is C16H22N2O2. The third-order valence-corrected chi connectivity index (χ3v) is 3.67. The Morgan fingerprint density at radius 1 is 1.35 bits per heavy atom. The molecule has 108 valence electrons. The molecule has 1 aromatic heterocycles. The fraction of sp³-hybridized carbons (Fsp3) is 0.438. The standard InChI is InChI=1S/C16H22N2O2/c1-5-16(2,3)17-15(19)11-18-10-9-12-13(18)7-6-8-14(12)20-4/h6-10H,5,11H2,1-4H3,(H,17,19). The molecule has 0 saturated carbocycles. The maximum absolute atomic E-state index is 12.1. The van der Waals surface area contributed by atoms with Crippen LogP contribution in [0.2, 0.25) is 0 Å². The van der Waals surface area contributed by atoms with Gasteiger partial charge in [0.05, 0.1) is 12.6 Å². The molecule has 2 rings (SSSR count). The summed E-state index contributed by atoms with van der Waals surface area (Å²) >= 11 is 0.